The normalized spacial score (nSPS) is 11.5. The number of aliphatic hydroxyl groups is 1. The highest BCUT2D eigenvalue weighted by molar-refractivity contribution is 5.83. The van der Waals surface area contributed by atoms with Crippen LogP contribution in [-0.4, -0.2) is 66.3 Å². The number of carbonyl (C=O) groups is 3. The molecule has 0 saturated carbocycles. The van der Waals surface area contributed by atoms with Crippen molar-refractivity contribution in [2.45, 2.75) is 12.5 Å². The zero-order valence-corrected chi connectivity index (χ0v) is 9.77. The second-order valence-electron chi connectivity index (χ2n) is 3.51. The molecule has 0 saturated heterocycles. The summed E-state index contributed by atoms with van der Waals surface area (Å²) in [6.45, 7) is -0.597. The van der Waals surface area contributed by atoms with E-state index in [0.717, 1.165) is 0 Å². The lowest BCUT2D eigenvalue weighted by atomic mass is 10.3. The lowest BCUT2D eigenvalue weighted by Gasteiger charge is -2.13. The largest absolute Gasteiger partial charge is 0.480 e. The number of carboxylic acid groups (broad SMARTS) is 1. The van der Waals surface area contributed by atoms with Crippen LogP contribution in [0.4, 0.5) is 4.79 Å². The molecule has 0 unspecified atom stereocenters. The van der Waals surface area contributed by atoms with E-state index in [1.54, 1.807) is 14.1 Å². The molecule has 0 fully saturated rings. The fourth-order valence-corrected chi connectivity index (χ4v) is 0.901. The third-order valence-electron chi connectivity index (χ3n) is 1.91. The van der Waals surface area contributed by atoms with Gasteiger partial charge in [-0.1, -0.05) is 0 Å². The lowest BCUT2D eigenvalue weighted by Crippen LogP contribution is -2.48. The van der Waals surface area contributed by atoms with E-state index < -0.39 is 24.6 Å². The summed E-state index contributed by atoms with van der Waals surface area (Å²) in [6, 6.07) is -2.09. The molecule has 8 heteroatoms. The van der Waals surface area contributed by atoms with Crippen molar-refractivity contribution in [3.8, 4) is 0 Å². The molecule has 98 valence electrons. The summed E-state index contributed by atoms with van der Waals surface area (Å²) in [6.07, 6.45) is 0.122. The summed E-state index contributed by atoms with van der Waals surface area (Å²) < 4.78 is 0. The molecular weight excluding hydrogens is 230 g/mol. The Morgan fingerprint density at radius 1 is 1.29 bits per heavy atom. The summed E-state index contributed by atoms with van der Waals surface area (Å²) in [5.74, 6) is -1.48. The molecule has 0 radical (unpaired) electrons. The Morgan fingerprint density at radius 3 is 2.29 bits per heavy atom. The zero-order valence-electron chi connectivity index (χ0n) is 9.77. The first kappa shape index (κ1) is 15.2. The second kappa shape index (κ2) is 7.44. The first-order valence-corrected chi connectivity index (χ1v) is 4.96. The van der Waals surface area contributed by atoms with E-state index in [4.69, 9.17) is 10.2 Å². The van der Waals surface area contributed by atoms with E-state index in [-0.39, 0.29) is 18.9 Å². The molecule has 0 aromatic carbocycles. The number of amides is 3. The summed E-state index contributed by atoms with van der Waals surface area (Å²) in [5.41, 5.74) is 0. The Hall–Kier alpha value is -1.83. The van der Waals surface area contributed by atoms with E-state index in [9.17, 15) is 14.4 Å². The maximum atomic E-state index is 11.1. The van der Waals surface area contributed by atoms with Crippen molar-refractivity contribution in [3.05, 3.63) is 0 Å². The molecule has 17 heavy (non-hydrogen) atoms. The van der Waals surface area contributed by atoms with Crippen LogP contribution in [0.5, 0.6) is 0 Å². The maximum Gasteiger partial charge on any atom is 0.328 e. The Bertz CT molecular complexity index is 292. The number of aliphatic carboxylic acids is 1. The smallest absolute Gasteiger partial charge is 0.328 e. The van der Waals surface area contributed by atoms with Gasteiger partial charge in [0.05, 0.1) is 6.61 Å². The van der Waals surface area contributed by atoms with Crippen LogP contribution in [0.3, 0.4) is 0 Å². The molecule has 4 N–H and O–H groups in total. The van der Waals surface area contributed by atoms with E-state index >= 15 is 0 Å². The van der Waals surface area contributed by atoms with Crippen LogP contribution in [0.2, 0.25) is 0 Å². The van der Waals surface area contributed by atoms with Gasteiger partial charge in [0.15, 0.2) is 6.04 Å². The number of rotatable bonds is 6. The van der Waals surface area contributed by atoms with Gasteiger partial charge in [-0.3, -0.25) is 4.79 Å². The van der Waals surface area contributed by atoms with E-state index in [0.29, 0.717) is 0 Å². The van der Waals surface area contributed by atoms with Crippen molar-refractivity contribution in [1.29, 1.82) is 0 Å². The number of carboxylic acids is 1. The van der Waals surface area contributed by atoms with Gasteiger partial charge >= 0.3 is 12.0 Å². The average Bonchev–Trinajstić information content (AvgIpc) is 2.25. The third kappa shape index (κ3) is 6.36. The highest BCUT2D eigenvalue weighted by Crippen LogP contribution is 1.86. The molecule has 0 spiro atoms. The molecule has 0 aromatic rings. The molecule has 3 amide bonds. The van der Waals surface area contributed by atoms with Crippen LogP contribution < -0.4 is 10.6 Å². The second-order valence-corrected chi connectivity index (χ2v) is 3.51. The number of hydrogen-bond donors (Lipinski definition) is 4. The van der Waals surface area contributed by atoms with Crippen LogP contribution in [0.15, 0.2) is 0 Å². The van der Waals surface area contributed by atoms with Gasteiger partial charge in [0.1, 0.15) is 0 Å². The number of nitrogens with zero attached hydrogens (tertiary/aromatic N) is 1. The van der Waals surface area contributed by atoms with Gasteiger partial charge in [-0.15, -0.1) is 0 Å². The minimum Gasteiger partial charge on any atom is -0.480 e. The van der Waals surface area contributed by atoms with Gasteiger partial charge in [-0.05, 0) is 0 Å². The van der Waals surface area contributed by atoms with E-state index in [1.165, 1.54) is 4.90 Å². The minimum absolute atomic E-state index is 0.0978. The van der Waals surface area contributed by atoms with Gasteiger partial charge < -0.3 is 25.7 Å². The summed E-state index contributed by atoms with van der Waals surface area (Å²) in [5, 5.41) is 21.6. The molecule has 0 rings (SSSR count). The first-order chi connectivity index (χ1) is 7.88. The number of nitrogens with one attached hydrogen (secondary N) is 2. The maximum absolute atomic E-state index is 11.1. The molecule has 0 aromatic heterocycles. The standard InChI is InChI=1S/C9H17N3O5/c1-12(2)7(14)3-4-10-9(17)11-6(5-13)8(15)16/h6,13H,3-5H2,1-2H3,(H,15,16)(H2,10,11,17)/t6-/m1/s1. The highest BCUT2D eigenvalue weighted by Gasteiger charge is 2.18. The molecule has 1 atom stereocenters. The van der Waals surface area contributed by atoms with E-state index in [2.05, 4.69) is 5.32 Å². The molecule has 0 aliphatic carbocycles. The van der Waals surface area contributed by atoms with Crippen LogP contribution in [0, 0.1) is 0 Å². The SMILES string of the molecule is CN(C)C(=O)CCNC(=O)N[C@H](CO)C(=O)O. The predicted octanol–water partition coefficient (Wildman–Crippen LogP) is -1.79. The van der Waals surface area contributed by atoms with Crippen LogP contribution in [0.25, 0.3) is 0 Å². The fourth-order valence-electron chi connectivity index (χ4n) is 0.901. The summed E-state index contributed by atoms with van der Waals surface area (Å²) >= 11 is 0. The van der Waals surface area contributed by atoms with Crippen molar-refractivity contribution in [3.63, 3.8) is 0 Å². The Labute approximate surface area is 98.6 Å². The molecule has 0 heterocycles. The Kier molecular flexibility index (Phi) is 6.64. The van der Waals surface area contributed by atoms with Crippen molar-refractivity contribution in [2.24, 2.45) is 0 Å². The topological polar surface area (TPSA) is 119 Å². The summed E-state index contributed by atoms with van der Waals surface area (Å²) in [4.78, 5) is 34.1. The van der Waals surface area contributed by atoms with Crippen LogP contribution >= 0.6 is 0 Å². The van der Waals surface area contributed by atoms with Gasteiger partial charge in [0.25, 0.3) is 0 Å². The monoisotopic (exact) mass is 247 g/mol. The fraction of sp³-hybridized carbons (Fsp3) is 0.667. The molecule has 0 aliphatic rings. The number of carbonyl (C=O) groups excluding carboxylic acids is 2. The predicted molar refractivity (Wildman–Crippen MR) is 58.4 cm³/mol. The van der Waals surface area contributed by atoms with Gasteiger partial charge in [-0.25, -0.2) is 9.59 Å². The Morgan fingerprint density at radius 2 is 1.88 bits per heavy atom. The van der Waals surface area contributed by atoms with Crippen molar-refractivity contribution in [1.82, 2.24) is 15.5 Å². The number of hydrogen-bond acceptors (Lipinski definition) is 4. The van der Waals surface area contributed by atoms with Crippen LogP contribution in [0.1, 0.15) is 6.42 Å². The molecular formula is C9H17N3O5. The van der Waals surface area contributed by atoms with Crippen molar-refractivity contribution >= 4 is 17.9 Å². The quantitative estimate of drug-likeness (QED) is 0.442. The lowest BCUT2D eigenvalue weighted by molar-refractivity contribution is -0.140. The Balaban J connectivity index is 3.87. The number of urea groups is 1. The van der Waals surface area contributed by atoms with Gasteiger partial charge in [0.2, 0.25) is 5.91 Å². The first-order valence-electron chi connectivity index (χ1n) is 4.96. The van der Waals surface area contributed by atoms with Crippen molar-refractivity contribution in [2.75, 3.05) is 27.2 Å². The molecule has 0 aliphatic heterocycles. The average molecular weight is 247 g/mol. The zero-order chi connectivity index (χ0) is 13.4. The molecule has 8 nitrogen and oxygen atoms in total. The number of aliphatic hydroxyl groups excluding tert-OH is 1. The third-order valence-corrected chi connectivity index (χ3v) is 1.91. The van der Waals surface area contributed by atoms with E-state index in [1.807, 2.05) is 5.32 Å². The van der Waals surface area contributed by atoms with Crippen molar-refractivity contribution < 1.29 is 24.6 Å². The van der Waals surface area contributed by atoms with Gasteiger partial charge in [-0.2, -0.15) is 0 Å². The van der Waals surface area contributed by atoms with Crippen LogP contribution in [-0.2, 0) is 9.59 Å². The highest BCUT2D eigenvalue weighted by atomic mass is 16.4. The van der Waals surface area contributed by atoms with Gasteiger partial charge in [0, 0.05) is 27.1 Å². The minimum atomic E-state index is -1.35. The molecule has 0 bridgehead atoms. The summed E-state index contributed by atoms with van der Waals surface area (Å²) in [7, 11) is 3.18.